The molecule has 0 heterocycles. The van der Waals surface area contributed by atoms with Gasteiger partial charge in [0.25, 0.3) is 0 Å². The molecule has 0 spiro atoms. The molecule has 0 aromatic rings. The molecule has 0 saturated heterocycles. The summed E-state index contributed by atoms with van der Waals surface area (Å²) in [6.07, 6.45) is 3.59. The van der Waals surface area contributed by atoms with Gasteiger partial charge in [-0.2, -0.15) is 0 Å². The van der Waals surface area contributed by atoms with E-state index in [2.05, 4.69) is 6.92 Å². The number of hydrogen-bond acceptors (Lipinski definition) is 1. The molecule has 1 nitrogen and oxygen atoms in total. The molecule has 0 atom stereocenters. The van der Waals surface area contributed by atoms with Crippen molar-refractivity contribution in [2.45, 2.75) is 32.2 Å². The Morgan fingerprint density at radius 2 is 2.20 bits per heavy atom. The number of halogens is 1. The lowest BCUT2D eigenvalue weighted by Gasteiger charge is -2.00. The van der Waals surface area contributed by atoms with E-state index in [1.807, 2.05) is 0 Å². The van der Waals surface area contributed by atoms with Crippen molar-refractivity contribution in [3.8, 4) is 0 Å². The topological polar surface area (TPSA) is 9.23 Å². The molecule has 10 heavy (non-hydrogen) atoms. The predicted molar refractivity (Wildman–Crippen MR) is 49.5 cm³/mol. The van der Waals surface area contributed by atoms with Crippen molar-refractivity contribution in [1.29, 1.82) is 0 Å². The van der Waals surface area contributed by atoms with Crippen LogP contribution in [0.25, 0.3) is 0 Å². The van der Waals surface area contributed by atoms with Crippen molar-refractivity contribution in [3.63, 3.8) is 0 Å². The van der Waals surface area contributed by atoms with E-state index in [4.69, 9.17) is 16.0 Å². The molecule has 0 aromatic carbocycles. The van der Waals surface area contributed by atoms with Crippen LogP contribution < -0.4 is 0 Å². The van der Waals surface area contributed by atoms with E-state index < -0.39 is 0 Å². The highest BCUT2D eigenvalue weighted by Crippen LogP contribution is 1.93. The lowest BCUT2D eigenvalue weighted by atomic mass is 10.4. The summed E-state index contributed by atoms with van der Waals surface area (Å²) in [5.41, 5.74) is 0. The van der Waals surface area contributed by atoms with Crippen LogP contribution in [0.15, 0.2) is 0 Å². The van der Waals surface area contributed by atoms with Crippen molar-refractivity contribution in [2.75, 3.05) is 12.5 Å². The highest BCUT2D eigenvalue weighted by atomic mass is 35.5. The van der Waals surface area contributed by atoms with Crippen molar-refractivity contribution < 1.29 is 4.43 Å². The normalized spacial score (nSPS) is 11.4. The van der Waals surface area contributed by atoms with E-state index >= 15 is 0 Å². The van der Waals surface area contributed by atoms with Gasteiger partial charge < -0.3 is 4.43 Å². The fraction of sp³-hybridized carbons (Fsp3) is 1.00. The molecule has 0 fully saturated rings. The standard InChI is InChI=1S/C7H17ClOSi/c1-2-3-6-9-10-7-4-5-8/h2-7,10H2,1H3. The van der Waals surface area contributed by atoms with Crippen LogP contribution in [0, 0.1) is 0 Å². The lowest BCUT2D eigenvalue weighted by molar-refractivity contribution is 0.325. The minimum atomic E-state index is -0.204. The Balaban J connectivity index is 2.65. The third-order valence-corrected chi connectivity index (χ3v) is 2.95. The Kier molecular flexibility index (Phi) is 9.91. The molecule has 0 unspecified atom stereocenters. The molecule has 0 amide bonds. The van der Waals surface area contributed by atoms with Crippen LogP contribution in [0.4, 0.5) is 0 Å². The van der Waals surface area contributed by atoms with Crippen molar-refractivity contribution in [3.05, 3.63) is 0 Å². The fourth-order valence-corrected chi connectivity index (χ4v) is 2.22. The van der Waals surface area contributed by atoms with Crippen molar-refractivity contribution in [2.24, 2.45) is 0 Å². The highest BCUT2D eigenvalue weighted by molar-refractivity contribution is 6.27. The molecule has 0 N–H and O–H groups in total. The van der Waals surface area contributed by atoms with Crippen LogP contribution in [0.3, 0.4) is 0 Å². The summed E-state index contributed by atoms with van der Waals surface area (Å²) in [6, 6.07) is 1.24. The zero-order chi connectivity index (χ0) is 7.66. The molecule has 3 heteroatoms. The molecule has 0 aliphatic carbocycles. The van der Waals surface area contributed by atoms with E-state index in [-0.39, 0.29) is 9.76 Å². The first-order chi connectivity index (χ1) is 4.91. The molecule has 0 aliphatic rings. The lowest BCUT2D eigenvalue weighted by Crippen LogP contribution is -1.99. The summed E-state index contributed by atoms with van der Waals surface area (Å²) in [6.45, 7) is 3.16. The second kappa shape index (κ2) is 9.47. The number of hydrogen-bond donors (Lipinski definition) is 0. The molecule has 0 saturated carbocycles. The Labute approximate surface area is 71.0 Å². The van der Waals surface area contributed by atoms with Gasteiger partial charge in [0.1, 0.15) is 0 Å². The summed E-state index contributed by atoms with van der Waals surface area (Å²) < 4.78 is 5.46. The molecular formula is C7H17ClOSi. The molecule has 0 bridgehead atoms. The fourth-order valence-electron chi connectivity index (χ4n) is 0.647. The van der Waals surface area contributed by atoms with Crippen molar-refractivity contribution >= 4 is 21.4 Å². The number of unbranched alkanes of at least 4 members (excludes halogenated alkanes) is 1. The third kappa shape index (κ3) is 8.47. The summed E-state index contributed by atoms with van der Waals surface area (Å²) >= 11 is 5.51. The van der Waals surface area contributed by atoms with Gasteiger partial charge in [-0.3, -0.25) is 0 Å². The van der Waals surface area contributed by atoms with Gasteiger partial charge in [-0.15, -0.1) is 11.6 Å². The monoisotopic (exact) mass is 180 g/mol. The van der Waals surface area contributed by atoms with Gasteiger partial charge in [-0.1, -0.05) is 13.3 Å². The maximum Gasteiger partial charge on any atom is 0.161 e. The van der Waals surface area contributed by atoms with Crippen molar-refractivity contribution in [1.82, 2.24) is 0 Å². The average Bonchev–Trinajstić information content (AvgIpc) is 1.97. The molecule has 62 valence electrons. The van der Waals surface area contributed by atoms with Gasteiger partial charge in [0, 0.05) is 12.5 Å². The highest BCUT2D eigenvalue weighted by Gasteiger charge is 1.88. The van der Waals surface area contributed by atoms with E-state index in [0.717, 1.165) is 18.9 Å². The largest absolute Gasteiger partial charge is 0.424 e. The average molecular weight is 181 g/mol. The van der Waals surface area contributed by atoms with Gasteiger partial charge >= 0.3 is 0 Å². The van der Waals surface area contributed by atoms with E-state index in [9.17, 15) is 0 Å². The number of alkyl halides is 1. The Bertz CT molecular complexity index is 53.6. The molecule has 0 aromatic heterocycles. The Morgan fingerprint density at radius 1 is 1.40 bits per heavy atom. The van der Waals surface area contributed by atoms with Gasteiger partial charge in [0.2, 0.25) is 0 Å². The second-order valence-corrected chi connectivity index (χ2v) is 4.26. The molecular weight excluding hydrogens is 164 g/mol. The van der Waals surface area contributed by atoms with Gasteiger partial charge in [-0.25, -0.2) is 0 Å². The molecule has 0 rings (SSSR count). The minimum absolute atomic E-state index is 0.204. The first-order valence-electron chi connectivity index (χ1n) is 4.05. The minimum Gasteiger partial charge on any atom is -0.424 e. The van der Waals surface area contributed by atoms with Crippen LogP contribution in [0.1, 0.15) is 26.2 Å². The maximum absolute atomic E-state index is 5.51. The summed E-state index contributed by atoms with van der Waals surface area (Å²) in [4.78, 5) is 0. The van der Waals surface area contributed by atoms with Gasteiger partial charge in [-0.05, 0) is 18.9 Å². The summed E-state index contributed by atoms with van der Waals surface area (Å²) in [5, 5.41) is 0. The van der Waals surface area contributed by atoms with E-state index in [0.29, 0.717) is 0 Å². The second-order valence-electron chi connectivity index (χ2n) is 2.36. The molecule has 0 aliphatic heterocycles. The number of rotatable bonds is 7. The summed E-state index contributed by atoms with van der Waals surface area (Å²) in [7, 11) is -0.204. The summed E-state index contributed by atoms with van der Waals surface area (Å²) in [5.74, 6) is 0.796. The third-order valence-electron chi connectivity index (χ3n) is 1.31. The Hall–Kier alpha value is 0.467. The van der Waals surface area contributed by atoms with Crippen LogP contribution in [-0.4, -0.2) is 22.3 Å². The van der Waals surface area contributed by atoms with Crippen LogP contribution in [0.5, 0.6) is 0 Å². The van der Waals surface area contributed by atoms with Gasteiger partial charge in [0.05, 0.1) is 0 Å². The quantitative estimate of drug-likeness (QED) is 0.331. The van der Waals surface area contributed by atoms with Crippen LogP contribution in [-0.2, 0) is 4.43 Å². The van der Waals surface area contributed by atoms with Crippen LogP contribution in [0.2, 0.25) is 6.04 Å². The zero-order valence-corrected chi connectivity index (χ0v) is 8.91. The zero-order valence-electron chi connectivity index (χ0n) is 6.74. The Morgan fingerprint density at radius 3 is 2.80 bits per heavy atom. The smallest absolute Gasteiger partial charge is 0.161 e. The first kappa shape index (κ1) is 10.5. The predicted octanol–water partition coefficient (Wildman–Crippen LogP) is 1.93. The van der Waals surface area contributed by atoms with E-state index in [1.165, 1.54) is 18.9 Å². The first-order valence-corrected chi connectivity index (χ1v) is 6.16. The maximum atomic E-state index is 5.51. The van der Waals surface area contributed by atoms with E-state index in [1.54, 1.807) is 0 Å². The van der Waals surface area contributed by atoms with Gasteiger partial charge in [0.15, 0.2) is 9.76 Å². The molecule has 0 radical (unpaired) electrons. The SMILES string of the molecule is CCCCO[SiH2]CCCCl. The van der Waals surface area contributed by atoms with Crippen LogP contribution >= 0.6 is 11.6 Å².